The summed E-state index contributed by atoms with van der Waals surface area (Å²) in [7, 11) is 0. The Hall–Kier alpha value is -1.42. The lowest BCUT2D eigenvalue weighted by Crippen LogP contribution is -2.10. The second-order valence-corrected chi connectivity index (χ2v) is 5.01. The van der Waals surface area contributed by atoms with Gasteiger partial charge in [0.05, 0.1) is 4.92 Å². The Kier molecular flexibility index (Phi) is 7.11. The number of nitro groups is 1. The summed E-state index contributed by atoms with van der Waals surface area (Å²) < 4.78 is 0. The summed E-state index contributed by atoms with van der Waals surface area (Å²) in [5, 5.41) is 10.6. The van der Waals surface area contributed by atoms with Crippen LogP contribution in [0.25, 0.3) is 0 Å². The van der Waals surface area contributed by atoms with Crippen molar-refractivity contribution in [3.8, 4) is 0 Å². The molecule has 1 unspecified atom stereocenters. The molecule has 0 aliphatic heterocycles. The van der Waals surface area contributed by atoms with Crippen molar-refractivity contribution in [1.29, 1.82) is 0 Å². The fraction of sp³-hybridized carbons (Fsp3) is 0.600. The Balaban J connectivity index is 2.29. The van der Waals surface area contributed by atoms with Crippen LogP contribution in [0, 0.1) is 10.1 Å². The quantitative estimate of drug-likeness (QED) is 0.409. The Bertz CT molecular complexity index is 376. The average Bonchev–Trinajstić information content (AvgIpc) is 2.42. The molecule has 19 heavy (non-hydrogen) atoms. The molecule has 4 nitrogen and oxygen atoms in total. The first-order valence-corrected chi connectivity index (χ1v) is 7.15. The molecule has 0 aliphatic carbocycles. The molecule has 1 aromatic rings. The molecular formula is C15H24N2O2. The zero-order valence-corrected chi connectivity index (χ0v) is 11.7. The minimum atomic E-state index is -0.386. The van der Waals surface area contributed by atoms with Gasteiger partial charge in [-0.3, -0.25) is 10.1 Å². The molecule has 0 spiro atoms. The highest BCUT2D eigenvalue weighted by Crippen LogP contribution is 2.20. The first-order valence-electron chi connectivity index (χ1n) is 7.15. The number of hydrogen-bond donors (Lipinski definition) is 1. The van der Waals surface area contributed by atoms with E-state index >= 15 is 0 Å². The molecule has 2 N–H and O–H groups in total. The number of nitro benzene ring substituents is 1. The molecule has 1 rings (SSSR count). The molecule has 0 fully saturated rings. The van der Waals surface area contributed by atoms with E-state index in [1.54, 1.807) is 12.1 Å². The summed E-state index contributed by atoms with van der Waals surface area (Å²) in [6.07, 6.45) is 8.47. The molecule has 0 bridgehead atoms. The van der Waals surface area contributed by atoms with Gasteiger partial charge in [0.15, 0.2) is 0 Å². The average molecular weight is 264 g/mol. The smallest absolute Gasteiger partial charge is 0.269 e. The van der Waals surface area contributed by atoms with E-state index in [9.17, 15) is 10.1 Å². The van der Waals surface area contributed by atoms with Gasteiger partial charge in [0.1, 0.15) is 0 Å². The highest BCUT2D eigenvalue weighted by Gasteiger charge is 2.09. The maximum Gasteiger partial charge on any atom is 0.269 e. The highest BCUT2D eigenvalue weighted by molar-refractivity contribution is 5.34. The van der Waals surface area contributed by atoms with Gasteiger partial charge in [-0.1, -0.05) is 57.6 Å². The van der Waals surface area contributed by atoms with Gasteiger partial charge in [0.2, 0.25) is 0 Å². The van der Waals surface area contributed by atoms with Gasteiger partial charge in [-0.05, 0) is 12.0 Å². The first-order chi connectivity index (χ1) is 9.15. The fourth-order valence-corrected chi connectivity index (χ4v) is 2.15. The molecule has 0 heterocycles. The van der Waals surface area contributed by atoms with E-state index in [4.69, 9.17) is 5.73 Å². The van der Waals surface area contributed by atoms with Crippen molar-refractivity contribution in [2.45, 2.75) is 57.9 Å². The Morgan fingerprint density at radius 3 is 2.26 bits per heavy atom. The van der Waals surface area contributed by atoms with E-state index in [0.717, 1.165) is 18.4 Å². The van der Waals surface area contributed by atoms with Crippen LogP contribution in [-0.2, 0) is 0 Å². The van der Waals surface area contributed by atoms with E-state index < -0.39 is 0 Å². The maximum absolute atomic E-state index is 10.6. The monoisotopic (exact) mass is 264 g/mol. The molecule has 1 aromatic carbocycles. The molecule has 0 saturated carbocycles. The van der Waals surface area contributed by atoms with Crippen LogP contribution in [0.2, 0.25) is 0 Å². The molecule has 1 atom stereocenters. The summed E-state index contributed by atoms with van der Waals surface area (Å²) in [6, 6.07) is 6.57. The lowest BCUT2D eigenvalue weighted by Gasteiger charge is -2.11. The normalized spacial score (nSPS) is 12.3. The van der Waals surface area contributed by atoms with Crippen molar-refractivity contribution in [3.63, 3.8) is 0 Å². The van der Waals surface area contributed by atoms with Gasteiger partial charge in [-0.25, -0.2) is 0 Å². The fourth-order valence-electron chi connectivity index (χ4n) is 2.15. The number of non-ortho nitro benzene ring substituents is 1. The second-order valence-electron chi connectivity index (χ2n) is 5.01. The van der Waals surface area contributed by atoms with Crippen molar-refractivity contribution in [2.75, 3.05) is 0 Å². The van der Waals surface area contributed by atoms with Crippen LogP contribution in [0.4, 0.5) is 5.69 Å². The number of hydrogen-bond acceptors (Lipinski definition) is 3. The summed E-state index contributed by atoms with van der Waals surface area (Å²) in [6.45, 7) is 2.21. The van der Waals surface area contributed by atoms with Gasteiger partial charge in [-0.2, -0.15) is 0 Å². The predicted molar refractivity (Wildman–Crippen MR) is 78.0 cm³/mol. The summed E-state index contributed by atoms with van der Waals surface area (Å²) in [5.41, 5.74) is 7.20. The molecule has 106 valence electrons. The molecule has 0 aromatic heterocycles. The van der Waals surface area contributed by atoms with E-state index in [1.165, 1.54) is 44.2 Å². The van der Waals surface area contributed by atoms with Gasteiger partial charge >= 0.3 is 0 Å². The van der Waals surface area contributed by atoms with Crippen molar-refractivity contribution < 1.29 is 4.92 Å². The molecular weight excluding hydrogens is 240 g/mol. The molecule has 4 heteroatoms. The minimum absolute atomic E-state index is 0.00743. The Morgan fingerprint density at radius 1 is 1.11 bits per heavy atom. The summed E-state index contributed by atoms with van der Waals surface area (Å²) in [5.74, 6) is 0. The van der Waals surface area contributed by atoms with Crippen LogP contribution in [-0.4, -0.2) is 4.92 Å². The molecule has 0 amide bonds. The van der Waals surface area contributed by atoms with Crippen LogP contribution >= 0.6 is 0 Å². The van der Waals surface area contributed by atoms with E-state index in [-0.39, 0.29) is 16.7 Å². The zero-order chi connectivity index (χ0) is 14.1. The third-order valence-corrected chi connectivity index (χ3v) is 3.40. The topological polar surface area (TPSA) is 69.2 Å². The van der Waals surface area contributed by atoms with Crippen molar-refractivity contribution >= 4 is 5.69 Å². The third-order valence-electron chi connectivity index (χ3n) is 3.40. The van der Waals surface area contributed by atoms with Gasteiger partial charge < -0.3 is 5.73 Å². The summed E-state index contributed by atoms with van der Waals surface area (Å²) in [4.78, 5) is 10.2. The van der Waals surface area contributed by atoms with Crippen molar-refractivity contribution in [2.24, 2.45) is 5.73 Å². The number of unbranched alkanes of at least 4 members (excludes halogenated alkanes) is 5. The highest BCUT2D eigenvalue weighted by atomic mass is 16.6. The largest absolute Gasteiger partial charge is 0.324 e. The van der Waals surface area contributed by atoms with Gasteiger partial charge in [0, 0.05) is 18.2 Å². The number of nitrogens with zero attached hydrogens (tertiary/aromatic N) is 1. The third kappa shape index (κ3) is 5.83. The molecule has 0 aliphatic rings. The Labute approximate surface area is 115 Å². The van der Waals surface area contributed by atoms with Crippen LogP contribution in [0.15, 0.2) is 24.3 Å². The molecule has 0 saturated heterocycles. The molecule has 0 radical (unpaired) electrons. The Morgan fingerprint density at radius 2 is 1.68 bits per heavy atom. The van der Waals surface area contributed by atoms with E-state index in [0.29, 0.717) is 0 Å². The van der Waals surface area contributed by atoms with Crippen LogP contribution < -0.4 is 5.73 Å². The standard InChI is InChI=1S/C15H24N2O2/c1-2-3-4-5-6-7-8-15(16)13-9-11-14(12-10-13)17(18)19/h9-12,15H,2-8,16H2,1H3. The number of nitrogens with two attached hydrogens (primary N) is 1. The zero-order valence-electron chi connectivity index (χ0n) is 11.7. The number of benzene rings is 1. The summed E-state index contributed by atoms with van der Waals surface area (Å²) >= 11 is 0. The number of rotatable bonds is 9. The second kappa shape index (κ2) is 8.64. The van der Waals surface area contributed by atoms with Crippen LogP contribution in [0.3, 0.4) is 0 Å². The van der Waals surface area contributed by atoms with E-state index in [2.05, 4.69) is 6.92 Å². The van der Waals surface area contributed by atoms with Crippen molar-refractivity contribution in [1.82, 2.24) is 0 Å². The van der Waals surface area contributed by atoms with Crippen LogP contribution in [0.1, 0.15) is 63.5 Å². The first kappa shape index (κ1) is 15.6. The van der Waals surface area contributed by atoms with Gasteiger partial charge in [0.25, 0.3) is 5.69 Å². The van der Waals surface area contributed by atoms with E-state index in [1.807, 2.05) is 0 Å². The lowest BCUT2D eigenvalue weighted by molar-refractivity contribution is -0.384. The van der Waals surface area contributed by atoms with Gasteiger partial charge in [-0.15, -0.1) is 0 Å². The minimum Gasteiger partial charge on any atom is -0.324 e. The SMILES string of the molecule is CCCCCCCCC(N)c1ccc([N+](=O)[O-])cc1. The lowest BCUT2D eigenvalue weighted by atomic mass is 10.0. The predicted octanol–water partition coefficient (Wildman–Crippen LogP) is 4.35. The van der Waals surface area contributed by atoms with Crippen molar-refractivity contribution in [3.05, 3.63) is 39.9 Å². The maximum atomic E-state index is 10.6. The van der Waals surface area contributed by atoms with Crippen LogP contribution in [0.5, 0.6) is 0 Å².